The Labute approximate surface area is 99.4 Å². The molecule has 0 aliphatic carbocycles. The van der Waals surface area contributed by atoms with Crippen LogP contribution in [0.25, 0.3) is 0 Å². The van der Waals surface area contributed by atoms with E-state index in [2.05, 4.69) is 4.74 Å². The Balaban J connectivity index is 3.28. The number of esters is 1. The predicted molar refractivity (Wildman–Crippen MR) is 51.3 cm³/mol. The molecule has 1 aromatic rings. The predicted octanol–water partition coefficient (Wildman–Crippen LogP) is 3.05. The number of benzene rings is 1. The molecule has 0 spiro atoms. The van der Waals surface area contributed by atoms with E-state index in [9.17, 15) is 26.7 Å². The molecule has 0 aliphatic rings. The maximum absolute atomic E-state index is 13.3. The van der Waals surface area contributed by atoms with Crippen LogP contribution in [0.3, 0.4) is 0 Å². The van der Waals surface area contributed by atoms with Crippen molar-refractivity contribution in [2.75, 3.05) is 7.11 Å². The van der Waals surface area contributed by atoms with Crippen LogP contribution in [0.5, 0.6) is 0 Å². The van der Waals surface area contributed by atoms with E-state index in [1.807, 2.05) is 0 Å². The van der Waals surface area contributed by atoms with Gasteiger partial charge in [0.25, 0.3) is 0 Å². The van der Waals surface area contributed by atoms with Crippen molar-refractivity contribution in [2.24, 2.45) is 0 Å². The molecule has 0 N–H and O–H groups in total. The summed E-state index contributed by atoms with van der Waals surface area (Å²) < 4.78 is 69.5. The van der Waals surface area contributed by atoms with Crippen molar-refractivity contribution >= 4 is 5.97 Å². The molecule has 0 fully saturated rings. The van der Waals surface area contributed by atoms with E-state index >= 15 is 0 Å². The Bertz CT molecular complexity index is 458. The van der Waals surface area contributed by atoms with Gasteiger partial charge in [0.2, 0.25) is 5.82 Å². The number of carbonyl (C=O) groups excluding carboxylic acids is 1. The number of halogens is 5. The minimum atomic E-state index is -2.22. The second-order valence-electron chi connectivity index (χ2n) is 3.66. The van der Waals surface area contributed by atoms with Crippen molar-refractivity contribution in [1.29, 1.82) is 0 Å². The molecule has 0 aromatic heterocycles. The van der Waals surface area contributed by atoms with Crippen LogP contribution in [0, 0.1) is 29.1 Å². The van der Waals surface area contributed by atoms with Crippen molar-refractivity contribution in [3.05, 3.63) is 34.6 Å². The fraction of sp³-hybridized carbons (Fsp3) is 0.364. The first-order valence-electron chi connectivity index (χ1n) is 4.89. The van der Waals surface area contributed by atoms with E-state index in [0.29, 0.717) is 0 Å². The largest absolute Gasteiger partial charge is 0.469 e. The molecule has 1 atom stereocenters. The Morgan fingerprint density at radius 3 is 1.78 bits per heavy atom. The average molecular weight is 268 g/mol. The lowest BCUT2D eigenvalue weighted by molar-refractivity contribution is -0.141. The lowest BCUT2D eigenvalue weighted by Crippen LogP contribution is -2.13. The van der Waals surface area contributed by atoms with Gasteiger partial charge in [-0.05, 0) is 5.92 Å². The third kappa shape index (κ3) is 2.44. The second-order valence-corrected chi connectivity index (χ2v) is 3.66. The van der Waals surface area contributed by atoms with Crippen LogP contribution in [0.15, 0.2) is 0 Å². The van der Waals surface area contributed by atoms with E-state index in [1.54, 1.807) is 0 Å². The highest BCUT2D eigenvalue weighted by molar-refractivity contribution is 5.70. The van der Waals surface area contributed by atoms with E-state index in [0.717, 1.165) is 14.0 Å². The zero-order valence-electron chi connectivity index (χ0n) is 9.49. The normalized spacial score (nSPS) is 12.4. The summed E-state index contributed by atoms with van der Waals surface area (Å²) in [5, 5.41) is 0. The minimum Gasteiger partial charge on any atom is -0.469 e. The highest BCUT2D eigenvalue weighted by Crippen LogP contribution is 2.30. The van der Waals surface area contributed by atoms with Gasteiger partial charge < -0.3 is 4.74 Å². The molecule has 2 nitrogen and oxygen atoms in total. The van der Waals surface area contributed by atoms with Crippen LogP contribution in [0.2, 0.25) is 0 Å². The van der Waals surface area contributed by atoms with E-state index in [4.69, 9.17) is 0 Å². The molecule has 0 aliphatic heterocycles. The molecule has 0 radical (unpaired) electrons. The molecule has 100 valence electrons. The van der Waals surface area contributed by atoms with E-state index in [1.165, 1.54) is 0 Å². The molecule has 7 heteroatoms. The van der Waals surface area contributed by atoms with Gasteiger partial charge in [-0.2, -0.15) is 0 Å². The quantitative estimate of drug-likeness (QED) is 0.364. The lowest BCUT2D eigenvalue weighted by atomic mass is 9.96. The van der Waals surface area contributed by atoms with Crippen LogP contribution >= 0.6 is 0 Å². The molecular formula is C11H9F5O2. The van der Waals surface area contributed by atoms with Gasteiger partial charge in [0.1, 0.15) is 0 Å². The number of methoxy groups -OCH3 is 1. The Hall–Kier alpha value is -1.66. The van der Waals surface area contributed by atoms with Crippen LogP contribution in [-0.4, -0.2) is 13.1 Å². The van der Waals surface area contributed by atoms with E-state index < -0.39 is 53.0 Å². The van der Waals surface area contributed by atoms with Crippen LogP contribution in [0.4, 0.5) is 22.0 Å². The van der Waals surface area contributed by atoms with Crippen molar-refractivity contribution in [1.82, 2.24) is 0 Å². The van der Waals surface area contributed by atoms with Gasteiger partial charge in [-0.15, -0.1) is 0 Å². The summed E-state index contributed by atoms with van der Waals surface area (Å²) in [6.07, 6.45) is -0.491. The summed E-state index contributed by atoms with van der Waals surface area (Å²) in [7, 11) is 1.05. The average Bonchev–Trinajstić information content (AvgIpc) is 2.34. The summed E-state index contributed by atoms with van der Waals surface area (Å²) in [5.74, 6) is -12.1. The molecule has 0 heterocycles. The first-order chi connectivity index (χ1) is 8.31. The van der Waals surface area contributed by atoms with Crippen molar-refractivity contribution in [3.8, 4) is 0 Å². The Kier molecular flexibility index (Phi) is 4.26. The first-order valence-corrected chi connectivity index (χ1v) is 4.89. The Morgan fingerprint density at radius 1 is 1.00 bits per heavy atom. The molecule has 0 saturated carbocycles. The second kappa shape index (κ2) is 5.32. The summed E-state index contributed by atoms with van der Waals surface area (Å²) >= 11 is 0. The summed E-state index contributed by atoms with van der Waals surface area (Å²) in [4.78, 5) is 10.9. The molecule has 1 rings (SSSR count). The highest BCUT2D eigenvalue weighted by atomic mass is 19.2. The third-order valence-electron chi connectivity index (χ3n) is 2.44. The number of rotatable bonds is 3. The van der Waals surface area contributed by atoms with Crippen molar-refractivity contribution < 1.29 is 31.5 Å². The minimum absolute atomic E-state index is 0.491. The summed E-state index contributed by atoms with van der Waals surface area (Å²) in [5.41, 5.74) is -1.02. The van der Waals surface area contributed by atoms with E-state index in [-0.39, 0.29) is 0 Å². The maximum Gasteiger partial charge on any atom is 0.306 e. The van der Waals surface area contributed by atoms with Crippen LogP contribution < -0.4 is 0 Å². The lowest BCUT2D eigenvalue weighted by Gasteiger charge is -2.14. The number of hydrogen-bond donors (Lipinski definition) is 0. The standard InChI is InChI=1S/C11H9F5O2/c1-4(3-5(17)18-2)6-7(12)9(14)11(16)10(15)8(6)13/h4H,3H2,1-2H3. The molecular weight excluding hydrogens is 259 g/mol. The summed E-state index contributed by atoms with van der Waals surface area (Å²) in [6.45, 7) is 1.16. The fourth-order valence-electron chi connectivity index (χ4n) is 1.49. The molecule has 0 saturated heterocycles. The highest BCUT2D eigenvalue weighted by Gasteiger charge is 2.29. The molecule has 1 unspecified atom stereocenters. The molecule has 0 amide bonds. The zero-order chi connectivity index (χ0) is 14.0. The van der Waals surface area contributed by atoms with Gasteiger partial charge in [0.05, 0.1) is 13.5 Å². The van der Waals surface area contributed by atoms with Crippen molar-refractivity contribution in [2.45, 2.75) is 19.3 Å². The zero-order valence-corrected chi connectivity index (χ0v) is 9.49. The SMILES string of the molecule is COC(=O)CC(C)c1c(F)c(F)c(F)c(F)c1F. The van der Waals surface area contributed by atoms with Gasteiger partial charge in [0.15, 0.2) is 23.3 Å². The molecule has 1 aromatic carbocycles. The monoisotopic (exact) mass is 268 g/mol. The smallest absolute Gasteiger partial charge is 0.306 e. The maximum atomic E-state index is 13.3. The molecule has 0 bridgehead atoms. The van der Waals surface area contributed by atoms with Gasteiger partial charge >= 0.3 is 5.97 Å². The van der Waals surface area contributed by atoms with Crippen LogP contribution in [-0.2, 0) is 9.53 Å². The van der Waals surface area contributed by atoms with Crippen LogP contribution in [0.1, 0.15) is 24.8 Å². The Morgan fingerprint density at radius 2 is 1.39 bits per heavy atom. The number of carbonyl (C=O) groups is 1. The van der Waals surface area contributed by atoms with Gasteiger partial charge in [-0.3, -0.25) is 4.79 Å². The first kappa shape index (κ1) is 14.4. The number of hydrogen-bond acceptors (Lipinski definition) is 2. The molecule has 18 heavy (non-hydrogen) atoms. The van der Waals surface area contributed by atoms with Gasteiger partial charge in [-0.1, -0.05) is 6.92 Å². The van der Waals surface area contributed by atoms with Crippen molar-refractivity contribution in [3.63, 3.8) is 0 Å². The summed E-state index contributed by atoms with van der Waals surface area (Å²) in [6, 6.07) is 0. The topological polar surface area (TPSA) is 26.3 Å². The third-order valence-corrected chi connectivity index (χ3v) is 2.44. The van der Waals surface area contributed by atoms with Gasteiger partial charge in [0, 0.05) is 5.56 Å². The van der Waals surface area contributed by atoms with Gasteiger partial charge in [-0.25, -0.2) is 22.0 Å². The number of ether oxygens (including phenoxy) is 1. The fourth-order valence-corrected chi connectivity index (χ4v) is 1.49.